The molecule has 0 aliphatic heterocycles. The number of hydrogen-bond acceptors (Lipinski definition) is 2. The van der Waals surface area contributed by atoms with Gasteiger partial charge in [0.15, 0.2) is 0 Å². The molecule has 6 heteroatoms. The zero-order valence-corrected chi connectivity index (χ0v) is 8.80. The molecule has 1 heterocycles. The third-order valence-electron chi connectivity index (χ3n) is 2.49. The number of nitrogens with zero attached hydrogens (tertiary/aromatic N) is 2. The first-order valence-corrected chi connectivity index (χ1v) is 5.34. The maximum Gasteiger partial charge on any atom is 0.390 e. The second kappa shape index (κ2) is 4.45. The van der Waals surface area contributed by atoms with Crippen LogP contribution in [0.15, 0.2) is 12.5 Å². The molecule has 2 rings (SSSR count). The van der Waals surface area contributed by atoms with Crippen LogP contribution in [0.4, 0.5) is 13.2 Å². The fraction of sp³-hybridized carbons (Fsp3) is 0.700. The van der Waals surface area contributed by atoms with Crippen LogP contribution >= 0.6 is 0 Å². The number of hydrogen-bond donors (Lipinski definition) is 1. The van der Waals surface area contributed by atoms with E-state index in [1.54, 1.807) is 6.20 Å². The van der Waals surface area contributed by atoms with Crippen LogP contribution in [0.25, 0.3) is 0 Å². The number of aromatic nitrogens is 2. The van der Waals surface area contributed by atoms with E-state index in [1.807, 2.05) is 0 Å². The Labute approximate surface area is 91.7 Å². The van der Waals surface area contributed by atoms with Gasteiger partial charge in [0, 0.05) is 25.3 Å². The van der Waals surface area contributed by atoms with E-state index in [1.165, 1.54) is 23.7 Å². The monoisotopic (exact) mass is 233 g/mol. The van der Waals surface area contributed by atoms with E-state index >= 15 is 0 Å². The van der Waals surface area contributed by atoms with Gasteiger partial charge in [-0.15, -0.1) is 0 Å². The quantitative estimate of drug-likeness (QED) is 0.843. The summed E-state index contributed by atoms with van der Waals surface area (Å²) < 4.78 is 37.4. The van der Waals surface area contributed by atoms with Gasteiger partial charge in [0.2, 0.25) is 0 Å². The summed E-state index contributed by atoms with van der Waals surface area (Å²) in [5.41, 5.74) is 0.800. The summed E-state index contributed by atoms with van der Waals surface area (Å²) in [5, 5.41) is 3.26. The number of nitrogens with one attached hydrogen (secondary N) is 1. The Hall–Kier alpha value is -1.04. The molecular formula is C10H14F3N3. The third-order valence-corrected chi connectivity index (χ3v) is 2.49. The number of imidazole rings is 1. The standard InChI is InChI=1S/C10H14F3N3/c11-10(12,13)3-4-16-6-9(15-7-16)5-14-8-1-2-8/h6-8,14H,1-5H2. The first-order chi connectivity index (χ1) is 7.53. The molecule has 1 fully saturated rings. The minimum atomic E-state index is -4.10. The molecule has 1 N–H and O–H groups in total. The molecule has 0 radical (unpaired) electrons. The lowest BCUT2D eigenvalue weighted by Gasteiger charge is -2.05. The average molecular weight is 233 g/mol. The van der Waals surface area contributed by atoms with Gasteiger partial charge in [0.05, 0.1) is 18.4 Å². The van der Waals surface area contributed by atoms with Crippen LogP contribution in [0.3, 0.4) is 0 Å². The lowest BCUT2D eigenvalue weighted by molar-refractivity contribution is -0.136. The molecule has 0 spiro atoms. The highest BCUT2D eigenvalue weighted by atomic mass is 19.4. The van der Waals surface area contributed by atoms with Crippen molar-refractivity contribution in [1.82, 2.24) is 14.9 Å². The maximum absolute atomic E-state index is 12.0. The molecule has 0 bridgehead atoms. The van der Waals surface area contributed by atoms with Gasteiger partial charge in [-0.1, -0.05) is 0 Å². The molecule has 0 atom stereocenters. The summed E-state index contributed by atoms with van der Waals surface area (Å²) in [5.74, 6) is 0. The van der Waals surface area contributed by atoms with Crippen molar-refractivity contribution in [2.45, 2.75) is 44.6 Å². The Morgan fingerprint density at radius 2 is 2.19 bits per heavy atom. The minimum absolute atomic E-state index is 0.0556. The molecule has 1 aliphatic rings. The van der Waals surface area contributed by atoms with Gasteiger partial charge in [-0.25, -0.2) is 4.98 Å². The second-order valence-corrected chi connectivity index (χ2v) is 4.12. The minimum Gasteiger partial charge on any atom is -0.337 e. The summed E-state index contributed by atoms with van der Waals surface area (Å²) in [6.07, 6.45) is 0.593. The third kappa shape index (κ3) is 3.84. The fourth-order valence-corrected chi connectivity index (χ4v) is 1.41. The van der Waals surface area contributed by atoms with Gasteiger partial charge in [-0.05, 0) is 12.8 Å². The molecule has 1 aromatic rings. The van der Waals surface area contributed by atoms with Crippen molar-refractivity contribution in [3.05, 3.63) is 18.2 Å². The van der Waals surface area contributed by atoms with Crippen molar-refractivity contribution < 1.29 is 13.2 Å². The van der Waals surface area contributed by atoms with Gasteiger partial charge < -0.3 is 9.88 Å². The van der Waals surface area contributed by atoms with Crippen molar-refractivity contribution in [3.8, 4) is 0 Å². The molecule has 0 unspecified atom stereocenters. The van der Waals surface area contributed by atoms with Crippen molar-refractivity contribution in [3.63, 3.8) is 0 Å². The van der Waals surface area contributed by atoms with Gasteiger partial charge in [-0.2, -0.15) is 13.2 Å². The van der Waals surface area contributed by atoms with Gasteiger partial charge in [0.1, 0.15) is 0 Å². The largest absolute Gasteiger partial charge is 0.390 e. The van der Waals surface area contributed by atoms with Crippen molar-refractivity contribution in [2.75, 3.05) is 0 Å². The zero-order chi connectivity index (χ0) is 11.6. The predicted octanol–water partition coefficient (Wildman–Crippen LogP) is 2.09. The molecule has 1 saturated carbocycles. The van der Waals surface area contributed by atoms with Gasteiger partial charge >= 0.3 is 6.18 Å². The molecule has 1 aliphatic carbocycles. The van der Waals surface area contributed by atoms with Crippen molar-refractivity contribution in [1.29, 1.82) is 0 Å². The van der Waals surface area contributed by atoms with Crippen LogP contribution < -0.4 is 5.32 Å². The Balaban J connectivity index is 1.77. The van der Waals surface area contributed by atoms with Crippen LogP contribution in [-0.4, -0.2) is 21.8 Å². The Morgan fingerprint density at radius 1 is 1.44 bits per heavy atom. The lowest BCUT2D eigenvalue weighted by atomic mass is 10.4. The van der Waals surface area contributed by atoms with E-state index in [4.69, 9.17) is 0 Å². The molecule has 0 amide bonds. The van der Waals surface area contributed by atoms with E-state index in [-0.39, 0.29) is 6.54 Å². The van der Waals surface area contributed by atoms with Crippen LogP contribution in [0, 0.1) is 0 Å². The highest BCUT2D eigenvalue weighted by Gasteiger charge is 2.26. The molecule has 16 heavy (non-hydrogen) atoms. The number of alkyl halides is 3. The van der Waals surface area contributed by atoms with E-state index < -0.39 is 12.6 Å². The highest BCUT2D eigenvalue weighted by Crippen LogP contribution is 2.21. The molecule has 0 saturated heterocycles. The summed E-state index contributed by atoms with van der Waals surface area (Å²) in [6.45, 7) is 0.587. The fourth-order valence-electron chi connectivity index (χ4n) is 1.41. The second-order valence-electron chi connectivity index (χ2n) is 4.12. The van der Waals surface area contributed by atoms with Crippen molar-refractivity contribution in [2.24, 2.45) is 0 Å². The Morgan fingerprint density at radius 3 is 2.81 bits per heavy atom. The molecule has 0 aromatic carbocycles. The van der Waals surface area contributed by atoms with Crippen LogP contribution in [0.1, 0.15) is 25.0 Å². The SMILES string of the molecule is FC(F)(F)CCn1cnc(CNC2CC2)c1. The normalized spacial score (nSPS) is 16.7. The lowest BCUT2D eigenvalue weighted by Crippen LogP contribution is -2.15. The summed E-state index contributed by atoms with van der Waals surface area (Å²) >= 11 is 0. The van der Waals surface area contributed by atoms with Crippen molar-refractivity contribution >= 4 is 0 Å². The first kappa shape index (κ1) is 11.4. The van der Waals surface area contributed by atoms with Gasteiger partial charge in [-0.3, -0.25) is 0 Å². The van der Waals surface area contributed by atoms with Gasteiger partial charge in [0.25, 0.3) is 0 Å². The molecule has 3 nitrogen and oxygen atoms in total. The summed E-state index contributed by atoms with van der Waals surface area (Å²) in [6, 6.07) is 0.584. The van der Waals surface area contributed by atoms with E-state index in [9.17, 15) is 13.2 Å². The zero-order valence-electron chi connectivity index (χ0n) is 8.80. The highest BCUT2D eigenvalue weighted by molar-refractivity contribution is 4.97. The number of aryl methyl sites for hydroxylation is 1. The molecule has 90 valence electrons. The first-order valence-electron chi connectivity index (χ1n) is 5.34. The van der Waals surface area contributed by atoms with E-state index in [2.05, 4.69) is 10.3 Å². The van der Waals surface area contributed by atoms with E-state index in [0.717, 1.165) is 5.69 Å². The number of rotatable bonds is 5. The summed E-state index contributed by atoms with van der Waals surface area (Å²) in [4.78, 5) is 4.05. The Kier molecular flexibility index (Phi) is 3.18. The summed E-state index contributed by atoms with van der Waals surface area (Å²) in [7, 11) is 0. The van der Waals surface area contributed by atoms with E-state index in [0.29, 0.717) is 12.6 Å². The topological polar surface area (TPSA) is 29.9 Å². The maximum atomic E-state index is 12.0. The Bertz CT molecular complexity index is 341. The average Bonchev–Trinajstić information content (AvgIpc) is 2.91. The predicted molar refractivity (Wildman–Crippen MR) is 52.8 cm³/mol. The van der Waals surface area contributed by atoms with Crippen LogP contribution in [0.5, 0.6) is 0 Å². The van der Waals surface area contributed by atoms with Crippen LogP contribution in [0.2, 0.25) is 0 Å². The molecule has 1 aromatic heterocycles. The molecular weight excluding hydrogens is 219 g/mol. The van der Waals surface area contributed by atoms with Crippen LogP contribution in [-0.2, 0) is 13.1 Å². The number of halogens is 3. The smallest absolute Gasteiger partial charge is 0.337 e.